The molecule has 1 aliphatic rings. The van der Waals surface area contributed by atoms with Gasteiger partial charge in [0.15, 0.2) is 0 Å². The third-order valence-corrected chi connectivity index (χ3v) is 5.72. The van der Waals surface area contributed by atoms with E-state index in [-0.39, 0.29) is 0 Å². The summed E-state index contributed by atoms with van der Waals surface area (Å²) in [5, 5.41) is 0. The molecule has 0 aromatic rings. The molecule has 0 amide bonds. The Hall–Kier alpha value is -0.0262. The van der Waals surface area contributed by atoms with Crippen LogP contribution in [-0.2, 0) is 22.8 Å². The number of rotatable bonds is 12. The van der Waals surface area contributed by atoms with Gasteiger partial charge in [-0.1, -0.05) is 0 Å². The summed E-state index contributed by atoms with van der Waals surface area (Å²) in [7, 11) is -1.34. The predicted octanol–water partition coefficient (Wildman–Crippen LogP) is 1.34. The molecular weight excluding hydrogens is 304 g/mol. The highest BCUT2D eigenvalue weighted by atomic mass is 28.4. The van der Waals surface area contributed by atoms with E-state index in [0.29, 0.717) is 39.1 Å². The second-order valence-electron chi connectivity index (χ2n) is 4.52. The second kappa shape index (κ2) is 13.6. The summed E-state index contributed by atoms with van der Waals surface area (Å²) in [6.45, 7) is 13.5. The molecule has 0 aromatic carbocycles. The molecule has 126 valence electrons. The van der Waals surface area contributed by atoms with Crippen LogP contribution in [0.3, 0.4) is 0 Å². The van der Waals surface area contributed by atoms with Crippen molar-refractivity contribution < 1.29 is 22.8 Å². The number of ether oxygens (including phenoxy) is 2. The standard InChI is InChI=1S/C12H26O5Si.C2H6Si/c1-4-15-18(16-5-2,17-6-3)9-7-8-13-10-12-11-14-12;1-2-3/h12H,4-11H2,1-3H3;2H,1H2,3H3. The SMILES string of the molecule is C=C[SiH3].CCO[Si](CCCOCC1CO1)(OCC)OCC. The molecular formula is C14H32O5Si2. The van der Waals surface area contributed by atoms with Crippen molar-refractivity contribution in [3.8, 4) is 0 Å². The zero-order chi connectivity index (χ0) is 16.0. The van der Waals surface area contributed by atoms with Gasteiger partial charge in [0.2, 0.25) is 0 Å². The van der Waals surface area contributed by atoms with Crippen LogP contribution in [0, 0.1) is 0 Å². The van der Waals surface area contributed by atoms with E-state index in [2.05, 4.69) is 6.58 Å². The fourth-order valence-electron chi connectivity index (χ4n) is 1.77. The maximum absolute atomic E-state index is 5.76. The van der Waals surface area contributed by atoms with Gasteiger partial charge in [-0.2, -0.15) is 0 Å². The lowest BCUT2D eigenvalue weighted by Gasteiger charge is -2.28. The van der Waals surface area contributed by atoms with Crippen molar-refractivity contribution in [2.24, 2.45) is 0 Å². The third-order valence-electron chi connectivity index (χ3n) is 2.57. The summed E-state index contributed by atoms with van der Waals surface area (Å²) in [5.41, 5.74) is 1.89. The van der Waals surface area contributed by atoms with Gasteiger partial charge in [0, 0.05) is 42.7 Å². The molecule has 0 N–H and O–H groups in total. The molecule has 7 heteroatoms. The Morgan fingerprint density at radius 1 is 1.19 bits per heavy atom. The van der Waals surface area contributed by atoms with E-state index in [1.165, 1.54) is 0 Å². The van der Waals surface area contributed by atoms with Crippen LogP contribution in [0.1, 0.15) is 27.2 Å². The molecule has 1 fully saturated rings. The van der Waals surface area contributed by atoms with Gasteiger partial charge in [0.1, 0.15) is 6.10 Å². The van der Waals surface area contributed by atoms with Gasteiger partial charge in [0.05, 0.1) is 13.2 Å². The van der Waals surface area contributed by atoms with Crippen molar-refractivity contribution in [2.45, 2.75) is 39.3 Å². The normalized spacial score (nSPS) is 17.2. The van der Waals surface area contributed by atoms with Crippen molar-refractivity contribution >= 4 is 19.0 Å². The Bertz CT molecular complexity index is 232. The lowest BCUT2D eigenvalue weighted by atomic mass is 10.5. The lowest BCUT2D eigenvalue weighted by Crippen LogP contribution is -2.46. The monoisotopic (exact) mass is 336 g/mol. The van der Waals surface area contributed by atoms with E-state index in [0.717, 1.165) is 29.3 Å². The summed E-state index contributed by atoms with van der Waals surface area (Å²) in [4.78, 5) is 0. The molecule has 0 spiro atoms. The number of hydrogen-bond donors (Lipinski definition) is 0. The van der Waals surface area contributed by atoms with Crippen molar-refractivity contribution in [1.29, 1.82) is 0 Å². The fourth-order valence-corrected chi connectivity index (χ4v) is 4.35. The smallest absolute Gasteiger partial charge is 0.379 e. The molecule has 0 aromatic heterocycles. The Labute approximate surface area is 133 Å². The van der Waals surface area contributed by atoms with Gasteiger partial charge in [-0.25, -0.2) is 0 Å². The van der Waals surface area contributed by atoms with Crippen LogP contribution < -0.4 is 0 Å². The van der Waals surface area contributed by atoms with Crippen molar-refractivity contribution in [3.63, 3.8) is 0 Å². The van der Waals surface area contributed by atoms with Gasteiger partial charge >= 0.3 is 8.80 Å². The predicted molar refractivity (Wildman–Crippen MR) is 90.8 cm³/mol. The fraction of sp³-hybridized carbons (Fsp3) is 0.857. The van der Waals surface area contributed by atoms with Gasteiger partial charge in [-0.15, -0.1) is 12.3 Å². The first-order valence-electron chi connectivity index (χ1n) is 7.86. The minimum atomic E-state index is -2.47. The molecule has 1 atom stereocenters. The number of epoxide rings is 1. The molecule has 1 heterocycles. The summed E-state index contributed by atoms with van der Waals surface area (Å²) in [6.07, 6.45) is 1.23. The summed E-state index contributed by atoms with van der Waals surface area (Å²) >= 11 is 0. The van der Waals surface area contributed by atoms with Crippen LogP contribution >= 0.6 is 0 Å². The topological polar surface area (TPSA) is 49.5 Å². The Balaban J connectivity index is 0.00000122. The molecule has 1 unspecified atom stereocenters. The molecule has 0 radical (unpaired) electrons. The molecule has 5 nitrogen and oxygen atoms in total. The third kappa shape index (κ3) is 11.2. The maximum Gasteiger partial charge on any atom is 0.501 e. The highest BCUT2D eigenvalue weighted by molar-refractivity contribution is 6.60. The first-order valence-corrected chi connectivity index (χ1v) is 10.9. The molecule has 21 heavy (non-hydrogen) atoms. The van der Waals surface area contributed by atoms with E-state index in [1.807, 2.05) is 26.5 Å². The maximum atomic E-state index is 5.76. The van der Waals surface area contributed by atoms with Crippen LogP contribution in [0.15, 0.2) is 12.3 Å². The molecule has 1 rings (SSSR count). The largest absolute Gasteiger partial charge is 0.501 e. The molecule has 1 aliphatic heterocycles. The summed E-state index contributed by atoms with van der Waals surface area (Å²) < 4.78 is 27.9. The quantitative estimate of drug-likeness (QED) is 0.306. The van der Waals surface area contributed by atoms with Crippen LogP contribution in [0.5, 0.6) is 0 Å². The van der Waals surface area contributed by atoms with Gasteiger partial charge in [0.25, 0.3) is 0 Å². The minimum Gasteiger partial charge on any atom is -0.379 e. The van der Waals surface area contributed by atoms with Gasteiger partial charge < -0.3 is 22.8 Å². The van der Waals surface area contributed by atoms with Gasteiger partial charge in [-0.05, 0) is 27.2 Å². The van der Waals surface area contributed by atoms with Crippen LogP contribution in [0.25, 0.3) is 0 Å². The average Bonchev–Trinajstić information content (AvgIpc) is 3.24. The van der Waals surface area contributed by atoms with Crippen molar-refractivity contribution in [1.82, 2.24) is 0 Å². The van der Waals surface area contributed by atoms with Crippen molar-refractivity contribution in [3.05, 3.63) is 12.3 Å². The summed E-state index contributed by atoms with van der Waals surface area (Å²) in [6, 6.07) is 0.814. The molecule has 1 saturated heterocycles. The zero-order valence-electron chi connectivity index (χ0n) is 14.1. The average molecular weight is 337 g/mol. The van der Waals surface area contributed by atoms with E-state index in [4.69, 9.17) is 22.8 Å². The minimum absolute atomic E-state index is 0.331. The summed E-state index contributed by atoms with van der Waals surface area (Å²) in [5.74, 6) is 0. The second-order valence-corrected chi connectivity index (χ2v) is 8.07. The van der Waals surface area contributed by atoms with E-state index < -0.39 is 8.80 Å². The molecule has 0 bridgehead atoms. The highest BCUT2D eigenvalue weighted by Gasteiger charge is 2.39. The van der Waals surface area contributed by atoms with Gasteiger partial charge in [-0.3, -0.25) is 0 Å². The number of hydrogen-bond acceptors (Lipinski definition) is 5. The van der Waals surface area contributed by atoms with Crippen LogP contribution in [0.2, 0.25) is 6.04 Å². The lowest BCUT2D eigenvalue weighted by molar-refractivity contribution is 0.0648. The van der Waals surface area contributed by atoms with E-state index in [1.54, 1.807) is 0 Å². The molecule has 0 aliphatic carbocycles. The van der Waals surface area contributed by atoms with Crippen molar-refractivity contribution in [2.75, 3.05) is 39.6 Å². The van der Waals surface area contributed by atoms with Crippen LogP contribution in [0.4, 0.5) is 0 Å². The first-order chi connectivity index (χ1) is 10.2. The first kappa shape index (κ1) is 21.0. The van der Waals surface area contributed by atoms with Crippen LogP contribution in [-0.4, -0.2) is 64.8 Å². The zero-order valence-corrected chi connectivity index (χ0v) is 17.1. The highest BCUT2D eigenvalue weighted by Crippen LogP contribution is 2.18. The van der Waals surface area contributed by atoms with E-state index in [9.17, 15) is 0 Å². The van der Waals surface area contributed by atoms with E-state index >= 15 is 0 Å². The Morgan fingerprint density at radius 3 is 2.05 bits per heavy atom. The molecule has 0 saturated carbocycles. The Kier molecular flexibility index (Phi) is 13.6. The Morgan fingerprint density at radius 2 is 1.67 bits per heavy atom.